The molecule has 1 aliphatic heterocycles. The summed E-state index contributed by atoms with van der Waals surface area (Å²) in [5.41, 5.74) is 5.57. The molecule has 4 N–H and O–H groups in total. The first-order chi connectivity index (χ1) is 11.6. The van der Waals surface area contributed by atoms with E-state index >= 15 is 0 Å². The van der Waals surface area contributed by atoms with Crippen LogP contribution >= 0.6 is 0 Å². The Hall–Kier alpha value is -1.47. The van der Waals surface area contributed by atoms with E-state index in [2.05, 4.69) is 26.3 Å². The average molecular weight is 356 g/mol. The van der Waals surface area contributed by atoms with Gasteiger partial charge in [0.1, 0.15) is 0 Å². The number of rotatable bonds is 10. The smallest absolute Gasteiger partial charge is 0.222 e. The van der Waals surface area contributed by atoms with Gasteiger partial charge in [-0.25, -0.2) is 0 Å². The lowest BCUT2D eigenvalue weighted by Gasteiger charge is -2.28. The second-order valence-corrected chi connectivity index (χ2v) is 7.99. The van der Waals surface area contributed by atoms with Gasteiger partial charge in [-0.15, -0.1) is 0 Å². The van der Waals surface area contributed by atoms with Crippen molar-refractivity contribution in [1.82, 2.24) is 5.32 Å². The molecule has 7 nitrogen and oxygen atoms in total. The number of aldehydes is 1. The van der Waals surface area contributed by atoms with Crippen molar-refractivity contribution in [3.63, 3.8) is 0 Å². The molecule has 0 aromatic heterocycles. The minimum atomic E-state index is -1.51. The van der Waals surface area contributed by atoms with Crippen LogP contribution in [0.15, 0.2) is 0 Å². The number of aliphatic hydroxyl groups excluding tert-OH is 1. The van der Waals surface area contributed by atoms with E-state index in [1.807, 2.05) is 6.92 Å². The third-order valence-electron chi connectivity index (χ3n) is 5.51. The topological polar surface area (TPSA) is 109 Å². The van der Waals surface area contributed by atoms with Crippen LogP contribution in [-0.2, 0) is 14.4 Å². The van der Waals surface area contributed by atoms with Crippen LogP contribution in [-0.4, -0.2) is 61.1 Å². The van der Waals surface area contributed by atoms with Crippen LogP contribution in [0.4, 0.5) is 0 Å². The van der Waals surface area contributed by atoms with Gasteiger partial charge in [0, 0.05) is 24.2 Å². The minimum absolute atomic E-state index is 0.0900. The number of carbonyl (C=O) groups is 3. The van der Waals surface area contributed by atoms with E-state index < -0.39 is 18.0 Å². The molecule has 5 atom stereocenters. The van der Waals surface area contributed by atoms with Crippen molar-refractivity contribution in [1.29, 1.82) is 0 Å². The molecule has 1 fully saturated rings. The number of carbonyl (C=O) groups excluding carboxylic acids is 3. The van der Waals surface area contributed by atoms with Crippen molar-refractivity contribution in [3.05, 3.63) is 0 Å². The highest BCUT2D eigenvalue weighted by atomic mass is 16.3. The average Bonchev–Trinajstić information content (AvgIpc) is 2.81. The third kappa shape index (κ3) is 6.40. The Balaban J connectivity index is 2.89. The first-order valence-electron chi connectivity index (χ1n) is 9.17. The van der Waals surface area contributed by atoms with E-state index in [0.29, 0.717) is 18.3 Å². The Morgan fingerprint density at radius 1 is 1.28 bits per heavy atom. The summed E-state index contributed by atoms with van der Waals surface area (Å²) in [5, 5.41) is 11.5. The maximum absolute atomic E-state index is 12.1. The normalized spacial score (nSPS) is 25.8. The van der Waals surface area contributed by atoms with E-state index in [1.165, 1.54) is 0 Å². The summed E-state index contributed by atoms with van der Waals surface area (Å²) in [6, 6.07) is 0. The zero-order valence-electron chi connectivity index (χ0n) is 15.9. The number of nitrogens with zero attached hydrogens (tertiary/aromatic N) is 1. The number of amides is 2. The molecular weight excluding hydrogens is 322 g/mol. The molecule has 0 radical (unpaired) electrons. The standard InChI is InChI=1S/C18H33N3O4/c1-5-12-9-21(3,4)10-14(12)7-13(15(6-2)18(19)25)8-16(23)20-17(24)11-22/h11-15,17,24H,5-10H2,1-4H3,(H2-,19,20,23,25)/p+1. The molecule has 1 heterocycles. The molecule has 25 heavy (non-hydrogen) atoms. The maximum atomic E-state index is 12.1. The number of nitrogens with two attached hydrogens (primary N) is 1. The monoisotopic (exact) mass is 356 g/mol. The minimum Gasteiger partial charge on any atom is -0.369 e. The molecule has 2 amide bonds. The quantitative estimate of drug-likeness (QED) is 0.296. The molecule has 0 aliphatic carbocycles. The van der Waals surface area contributed by atoms with Crippen LogP contribution in [0, 0.1) is 23.7 Å². The van der Waals surface area contributed by atoms with E-state index in [-0.39, 0.29) is 24.5 Å². The Morgan fingerprint density at radius 3 is 2.36 bits per heavy atom. The lowest BCUT2D eigenvalue weighted by atomic mass is 9.77. The molecule has 0 aromatic carbocycles. The van der Waals surface area contributed by atoms with Crippen LogP contribution in [0.5, 0.6) is 0 Å². The van der Waals surface area contributed by atoms with Crippen molar-refractivity contribution in [2.24, 2.45) is 29.4 Å². The van der Waals surface area contributed by atoms with E-state index in [0.717, 1.165) is 30.4 Å². The molecule has 1 saturated heterocycles. The zero-order valence-corrected chi connectivity index (χ0v) is 15.9. The van der Waals surface area contributed by atoms with Gasteiger partial charge in [-0.05, 0) is 25.2 Å². The van der Waals surface area contributed by atoms with Gasteiger partial charge in [0.25, 0.3) is 0 Å². The van der Waals surface area contributed by atoms with Gasteiger partial charge in [-0.1, -0.05) is 13.8 Å². The Kier molecular flexibility index (Phi) is 8.02. The molecular formula is C18H34N3O4+. The van der Waals surface area contributed by atoms with Crippen molar-refractivity contribution >= 4 is 18.1 Å². The van der Waals surface area contributed by atoms with E-state index in [9.17, 15) is 19.5 Å². The molecule has 1 aliphatic rings. The second-order valence-electron chi connectivity index (χ2n) is 7.99. The summed E-state index contributed by atoms with van der Waals surface area (Å²) < 4.78 is 0.944. The van der Waals surface area contributed by atoms with E-state index in [1.54, 1.807) is 0 Å². The van der Waals surface area contributed by atoms with Crippen molar-refractivity contribution in [3.8, 4) is 0 Å². The van der Waals surface area contributed by atoms with Gasteiger partial charge in [0.15, 0.2) is 12.5 Å². The van der Waals surface area contributed by atoms with Crippen molar-refractivity contribution < 1.29 is 24.0 Å². The van der Waals surface area contributed by atoms with Crippen LogP contribution in [0.1, 0.15) is 39.5 Å². The fourth-order valence-corrected chi connectivity index (χ4v) is 4.41. The first kappa shape index (κ1) is 21.6. The lowest BCUT2D eigenvalue weighted by Crippen LogP contribution is -2.40. The highest BCUT2D eigenvalue weighted by Crippen LogP contribution is 2.37. The molecule has 5 unspecified atom stereocenters. The zero-order chi connectivity index (χ0) is 19.2. The summed E-state index contributed by atoms with van der Waals surface area (Å²) in [5.74, 6) is -0.389. The number of hydrogen-bond acceptors (Lipinski definition) is 4. The number of hydrogen-bond donors (Lipinski definition) is 3. The summed E-state index contributed by atoms with van der Waals surface area (Å²) in [7, 11) is 4.41. The Morgan fingerprint density at radius 2 is 1.88 bits per heavy atom. The highest BCUT2D eigenvalue weighted by Gasteiger charge is 2.41. The van der Waals surface area contributed by atoms with Gasteiger partial charge >= 0.3 is 0 Å². The molecule has 0 spiro atoms. The third-order valence-corrected chi connectivity index (χ3v) is 5.51. The van der Waals surface area contributed by atoms with Crippen LogP contribution in [0.25, 0.3) is 0 Å². The van der Waals surface area contributed by atoms with E-state index in [4.69, 9.17) is 5.73 Å². The lowest BCUT2D eigenvalue weighted by molar-refractivity contribution is -0.880. The van der Waals surface area contributed by atoms with Gasteiger partial charge in [-0.2, -0.15) is 0 Å². The van der Waals surface area contributed by atoms with Crippen molar-refractivity contribution in [2.45, 2.75) is 45.8 Å². The van der Waals surface area contributed by atoms with Crippen molar-refractivity contribution in [2.75, 3.05) is 27.2 Å². The summed E-state index contributed by atoms with van der Waals surface area (Å²) >= 11 is 0. The number of aliphatic hydroxyl groups is 1. The molecule has 0 aromatic rings. The van der Waals surface area contributed by atoms with Gasteiger partial charge in [0.2, 0.25) is 11.8 Å². The number of primary amides is 1. The Labute approximate surface area is 150 Å². The van der Waals surface area contributed by atoms with Crippen LogP contribution in [0.3, 0.4) is 0 Å². The molecule has 0 saturated carbocycles. The van der Waals surface area contributed by atoms with Crippen LogP contribution < -0.4 is 11.1 Å². The number of quaternary nitrogens is 1. The summed E-state index contributed by atoms with van der Waals surface area (Å²) in [6.45, 7) is 6.18. The van der Waals surface area contributed by atoms with Gasteiger partial charge in [0.05, 0.1) is 27.2 Å². The molecule has 7 heteroatoms. The second kappa shape index (κ2) is 9.29. The predicted octanol–water partition coefficient (Wildman–Crippen LogP) is 0.260. The highest BCUT2D eigenvalue weighted by molar-refractivity contribution is 5.81. The number of likely N-dealkylation sites (tertiary alicyclic amines) is 1. The summed E-state index contributed by atoms with van der Waals surface area (Å²) in [4.78, 5) is 34.5. The SMILES string of the molecule is CCC1C[N+](C)(C)CC1CC(CC(=O)NC(O)C=O)C(CC)C(N)=O. The van der Waals surface area contributed by atoms with Gasteiger partial charge in [-0.3, -0.25) is 14.4 Å². The molecule has 1 rings (SSSR count). The largest absolute Gasteiger partial charge is 0.369 e. The predicted molar refractivity (Wildman–Crippen MR) is 95.0 cm³/mol. The Bertz CT molecular complexity index is 481. The van der Waals surface area contributed by atoms with Gasteiger partial charge < -0.3 is 20.6 Å². The maximum Gasteiger partial charge on any atom is 0.222 e. The molecule has 144 valence electrons. The summed E-state index contributed by atoms with van der Waals surface area (Å²) in [6.07, 6.45) is 1.25. The molecule has 0 bridgehead atoms. The fraction of sp³-hybridized carbons (Fsp3) is 0.833. The first-order valence-corrected chi connectivity index (χ1v) is 9.17. The van der Waals surface area contributed by atoms with Crippen LogP contribution in [0.2, 0.25) is 0 Å². The fourth-order valence-electron chi connectivity index (χ4n) is 4.41. The number of nitrogens with one attached hydrogen (secondary N) is 1.